The van der Waals surface area contributed by atoms with Gasteiger partial charge in [-0.15, -0.1) is 0 Å². The van der Waals surface area contributed by atoms with Crippen LogP contribution < -0.4 is 0 Å². The normalized spacial score (nSPS) is 11.2. The number of hydrogen-bond acceptors (Lipinski definition) is 3. The van der Waals surface area contributed by atoms with E-state index >= 15 is 0 Å². The van der Waals surface area contributed by atoms with Crippen molar-refractivity contribution in [2.24, 2.45) is 0 Å². The minimum atomic E-state index is -3.55. The Kier molecular flexibility index (Phi) is 4.43. The van der Waals surface area contributed by atoms with E-state index in [2.05, 4.69) is 6.07 Å². The summed E-state index contributed by atoms with van der Waals surface area (Å²) in [6.07, 6.45) is 3.67. The van der Waals surface area contributed by atoms with E-state index in [-0.39, 0.29) is 10.6 Å². The van der Waals surface area contributed by atoms with Crippen molar-refractivity contribution in [3.8, 4) is 11.8 Å². The van der Waals surface area contributed by atoms with Gasteiger partial charge in [-0.1, -0.05) is 11.6 Å². The van der Waals surface area contributed by atoms with Crippen LogP contribution in [0, 0.1) is 11.3 Å². The first-order chi connectivity index (χ1) is 11.5. The van der Waals surface area contributed by atoms with Crippen LogP contribution in [0.15, 0.2) is 71.9 Å². The van der Waals surface area contributed by atoms with Crippen molar-refractivity contribution in [1.82, 2.24) is 4.57 Å². The molecule has 6 heteroatoms. The Hall–Kier alpha value is -2.55. The van der Waals surface area contributed by atoms with Gasteiger partial charge in [0.05, 0.1) is 22.3 Å². The van der Waals surface area contributed by atoms with Crippen molar-refractivity contribution in [1.29, 1.82) is 5.26 Å². The third-order valence-electron chi connectivity index (χ3n) is 3.61. The highest BCUT2D eigenvalue weighted by atomic mass is 35.5. The SMILES string of the molecule is N#Cc1ccc(-n2cccc2)c(CS(=O)(=O)c2ccc(Cl)cc2)c1. The second-order valence-electron chi connectivity index (χ2n) is 5.26. The summed E-state index contributed by atoms with van der Waals surface area (Å²) in [5.41, 5.74) is 1.73. The van der Waals surface area contributed by atoms with Crippen molar-refractivity contribution >= 4 is 21.4 Å². The van der Waals surface area contributed by atoms with Crippen LogP contribution in [0.25, 0.3) is 5.69 Å². The van der Waals surface area contributed by atoms with Crippen molar-refractivity contribution < 1.29 is 8.42 Å². The first-order valence-corrected chi connectivity index (χ1v) is 9.17. The average molecular weight is 357 g/mol. The van der Waals surface area contributed by atoms with Crippen LogP contribution in [0.5, 0.6) is 0 Å². The monoisotopic (exact) mass is 356 g/mol. The Balaban J connectivity index is 2.05. The molecule has 0 atom stereocenters. The fourth-order valence-electron chi connectivity index (χ4n) is 2.45. The van der Waals surface area contributed by atoms with Crippen LogP contribution in [0.4, 0.5) is 0 Å². The molecule has 0 spiro atoms. The quantitative estimate of drug-likeness (QED) is 0.710. The molecule has 0 N–H and O–H groups in total. The molecular formula is C18H13ClN2O2S. The Bertz CT molecular complexity index is 1000. The summed E-state index contributed by atoms with van der Waals surface area (Å²) in [4.78, 5) is 0.202. The maximum atomic E-state index is 12.7. The number of sulfone groups is 1. The molecule has 0 saturated heterocycles. The zero-order chi connectivity index (χ0) is 17.2. The van der Waals surface area contributed by atoms with Gasteiger partial charge in [0.1, 0.15) is 0 Å². The molecule has 120 valence electrons. The van der Waals surface area contributed by atoms with E-state index in [1.807, 2.05) is 29.1 Å². The summed E-state index contributed by atoms with van der Waals surface area (Å²) in [5, 5.41) is 9.59. The fraction of sp³-hybridized carbons (Fsp3) is 0.0556. The predicted molar refractivity (Wildman–Crippen MR) is 92.8 cm³/mol. The van der Waals surface area contributed by atoms with Crippen LogP contribution in [0.3, 0.4) is 0 Å². The van der Waals surface area contributed by atoms with Gasteiger partial charge in [0.25, 0.3) is 0 Å². The third kappa shape index (κ3) is 3.35. The molecule has 0 bridgehead atoms. The molecule has 2 aromatic carbocycles. The first-order valence-electron chi connectivity index (χ1n) is 7.14. The molecule has 1 aromatic heterocycles. The minimum absolute atomic E-state index is 0.197. The van der Waals surface area contributed by atoms with Gasteiger partial charge in [-0.25, -0.2) is 8.42 Å². The summed E-state index contributed by atoms with van der Waals surface area (Å²) in [6, 6.07) is 16.9. The Morgan fingerprint density at radius 2 is 1.71 bits per heavy atom. The number of nitriles is 1. The summed E-state index contributed by atoms with van der Waals surface area (Å²) in [7, 11) is -3.55. The number of rotatable bonds is 4. The van der Waals surface area contributed by atoms with Crippen molar-refractivity contribution in [3.05, 3.63) is 83.1 Å². The van der Waals surface area contributed by atoms with Crippen molar-refractivity contribution in [3.63, 3.8) is 0 Å². The van der Waals surface area contributed by atoms with Gasteiger partial charge in [0, 0.05) is 23.1 Å². The Morgan fingerprint density at radius 3 is 2.33 bits per heavy atom. The smallest absolute Gasteiger partial charge is 0.182 e. The van der Waals surface area contributed by atoms with E-state index in [0.29, 0.717) is 16.1 Å². The zero-order valence-corrected chi connectivity index (χ0v) is 14.1. The van der Waals surface area contributed by atoms with Crippen molar-refractivity contribution in [2.75, 3.05) is 0 Å². The van der Waals surface area contributed by atoms with E-state index in [4.69, 9.17) is 16.9 Å². The fourth-order valence-corrected chi connectivity index (χ4v) is 3.93. The highest BCUT2D eigenvalue weighted by molar-refractivity contribution is 7.90. The largest absolute Gasteiger partial charge is 0.324 e. The Labute approximate surface area is 145 Å². The summed E-state index contributed by atoms with van der Waals surface area (Å²) in [5.74, 6) is -0.197. The molecule has 0 amide bonds. The molecule has 0 aliphatic carbocycles. The molecule has 0 aliphatic rings. The number of nitrogens with zero attached hydrogens (tertiary/aromatic N) is 2. The molecule has 24 heavy (non-hydrogen) atoms. The van der Waals surface area contributed by atoms with Crippen molar-refractivity contribution in [2.45, 2.75) is 10.6 Å². The summed E-state index contributed by atoms with van der Waals surface area (Å²) in [6.45, 7) is 0. The number of halogens is 1. The van der Waals surface area contributed by atoms with Gasteiger partial charge >= 0.3 is 0 Å². The van der Waals surface area contributed by atoms with E-state index in [9.17, 15) is 8.42 Å². The second kappa shape index (κ2) is 6.52. The molecule has 0 radical (unpaired) electrons. The third-order valence-corrected chi connectivity index (χ3v) is 5.54. The van der Waals surface area contributed by atoms with Crippen LogP contribution in [0.2, 0.25) is 5.02 Å². The van der Waals surface area contributed by atoms with Crippen LogP contribution in [0.1, 0.15) is 11.1 Å². The van der Waals surface area contributed by atoms with Gasteiger partial charge in [-0.2, -0.15) is 5.26 Å². The highest BCUT2D eigenvalue weighted by Gasteiger charge is 2.18. The van der Waals surface area contributed by atoms with Gasteiger partial charge < -0.3 is 4.57 Å². The zero-order valence-electron chi connectivity index (χ0n) is 12.6. The highest BCUT2D eigenvalue weighted by Crippen LogP contribution is 2.24. The predicted octanol–water partition coefficient (Wildman–Crippen LogP) is 3.98. The van der Waals surface area contributed by atoms with E-state index in [1.165, 1.54) is 12.1 Å². The van der Waals surface area contributed by atoms with Crippen LogP contribution >= 0.6 is 11.6 Å². The van der Waals surface area contributed by atoms with E-state index < -0.39 is 9.84 Å². The molecule has 3 aromatic rings. The Morgan fingerprint density at radius 1 is 1.04 bits per heavy atom. The lowest BCUT2D eigenvalue weighted by molar-refractivity contribution is 0.595. The molecule has 4 nitrogen and oxygen atoms in total. The van der Waals surface area contributed by atoms with Gasteiger partial charge in [0.2, 0.25) is 0 Å². The number of benzene rings is 2. The number of hydrogen-bond donors (Lipinski definition) is 0. The summed E-state index contributed by atoms with van der Waals surface area (Å²) < 4.78 is 27.2. The molecule has 0 aliphatic heterocycles. The van der Waals surface area contributed by atoms with E-state index in [0.717, 1.165) is 5.69 Å². The average Bonchev–Trinajstić information content (AvgIpc) is 3.09. The maximum absolute atomic E-state index is 12.7. The standard InChI is InChI=1S/C18H13ClN2O2S/c19-16-4-6-17(7-5-16)24(22,23)13-15-11-14(12-20)3-8-18(15)21-9-1-2-10-21/h1-11H,13H2. The molecule has 3 rings (SSSR count). The molecule has 0 fully saturated rings. The lowest BCUT2D eigenvalue weighted by Crippen LogP contribution is -2.08. The first kappa shape index (κ1) is 16.3. The molecular weight excluding hydrogens is 344 g/mol. The molecule has 1 heterocycles. The van der Waals surface area contributed by atoms with Gasteiger partial charge in [-0.3, -0.25) is 0 Å². The van der Waals surface area contributed by atoms with E-state index in [1.54, 1.807) is 30.3 Å². The second-order valence-corrected chi connectivity index (χ2v) is 7.68. The topological polar surface area (TPSA) is 62.9 Å². The minimum Gasteiger partial charge on any atom is -0.324 e. The molecule has 0 unspecified atom stereocenters. The maximum Gasteiger partial charge on any atom is 0.182 e. The lowest BCUT2D eigenvalue weighted by Gasteiger charge is -2.12. The number of aromatic nitrogens is 1. The molecule has 0 saturated carbocycles. The van der Waals surface area contributed by atoms with Gasteiger partial charge in [-0.05, 0) is 60.2 Å². The van der Waals surface area contributed by atoms with Crippen LogP contribution in [-0.4, -0.2) is 13.0 Å². The lowest BCUT2D eigenvalue weighted by atomic mass is 10.1. The van der Waals surface area contributed by atoms with Crippen LogP contribution in [-0.2, 0) is 15.6 Å². The van der Waals surface area contributed by atoms with Gasteiger partial charge in [0.15, 0.2) is 9.84 Å². The summed E-state index contributed by atoms with van der Waals surface area (Å²) >= 11 is 5.82.